The maximum atomic E-state index is 13.5. The average Bonchev–Trinajstić information content (AvgIpc) is 3.02. The van der Waals surface area contributed by atoms with Crippen molar-refractivity contribution in [1.82, 2.24) is 0 Å². The van der Waals surface area contributed by atoms with Crippen LogP contribution in [0, 0.1) is 10.4 Å². The lowest BCUT2D eigenvalue weighted by Crippen LogP contribution is -2.41. The highest BCUT2D eigenvalue weighted by atomic mass is 16.6. The number of benzene rings is 4. The SMILES string of the molecule is O=C(OC[C@H](Cc1ccccc1)/[N+]([O-])=[N+](\[O-])[C@H](COC(=O)c1ccccc1)Cc1ccccc1)c1ccccc1. The van der Waals surface area contributed by atoms with Gasteiger partial charge in [-0.05, 0) is 35.4 Å². The molecular formula is C32H30N2O6. The highest BCUT2D eigenvalue weighted by Gasteiger charge is 2.33. The fourth-order valence-electron chi connectivity index (χ4n) is 4.15. The van der Waals surface area contributed by atoms with Gasteiger partial charge in [-0.1, -0.05) is 97.1 Å². The van der Waals surface area contributed by atoms with Crippen LogP contribution in [0.2, 0.25) is 0 Å². The first-order valence-corrected chi connectivity index (χ1v) is 13.0. The van der Waals surface area contributed by atoms with E-state index in [0.717, 1.165) is 11.1 Å². The van der Waals surface area contributed by atoms with Crippen molar-refractivity contribution in [2.75, 3.05) is 13.2 Å². The van der Waals surface area contributed by atoms with Gasteiger partial charge >= 0.3 is 11.9 Å². The van der Waals surface area contributed by atoms with E-state index < -0.39 is 24.0 Å². The molecule has 0 spiro atoms. The lowest BCUT2D eigenvalue weighted by atomic mass is 10.1. The molecule has 0 aliphatic carbocycles. The van der Waals surface area contributed by atoms with Gasteiger partial charge in [-0.25, -0.2) is 9.59 Å². The Balaban J connectivity index is 1.58. The number of hydrogen-bond donors (Lipinski definition) is 0. The summed E-state index contributed by atoms with van der Waals surface area (Å²) in [5.41, 5.74) is 2.28. The molecule has 4 rings (SSSR count). The maximum Gasteiger partial charge on any atom is 0.338 e. The number of ether oxygens (including phenoxy) is 2. The van der Waals surface area contributed by atoms with Crippen LogP contribution in [0.3, 0.4) is 0 Å². The minimum absolute atomic E-state index is 0.160. The highest BCUT2D eigenvalue weighted by Crippen LogP contribution is 2.13. The molecule has 0 aromatic heterocycles. The molecule has 4 aromatic rings. The Morgan fingerprint density at radius 2 is 0.825 bits per heavy atom. The fraction of sp³-hybridized carbons (Fsp3) is 0.188. The number of carbonyl (C=O) groups is 2. The second kappa shape index (κ2) is 14.2. The van der Waals surface area contributed by atoms with E-state index in [2.05, 4.69) is 0 Å². The minimum atomic E-state index is -1.02. The summed E-state index contributed by atoms with van der Waals surface area (Å²) >= 11 is 0. The Morgan fingerprint density at radius 3 is 1.15 bits per heavy atom. The van der Waals surface area contributed by atoms with Crippen molar-refractivity contribution >= 4 is 11.9 Å². The quantitative estimate of drug-likeness (QED) is 0.104. The van der Waals surface area contributed by atoms with Crippen LogP contribution in [0.1, 0.15) is 31.8 Å². The number of esters is 2. The van der Waals surface area contributed by atoms with E-state index in [9.17, 15) is 20.0 Å². The molecular weight excluding hydrogens is 508 g/mol. The monoisotopic (exact) mass is 538 g/mol. The van der Waals surface area contributed by atoms with Crippen molar-refractivity contribution in [3.63, 3.8) is 0 Å². The van der Waals surface area contributed by atoms with Crippen LogP contribution >= 0.6 is 0 Å². The van der Waals surface area contributed by atoms with Crippen molar-refractivity contribution in [3.8, 4) is 0 Å². The summed E-state index contributed by atoms with van der Waals surface area (Å²) in [6, 6.07) is 33.1. The molecule has 0 heterocycles. The zero-order valence-corrected chi connectivity index (χ0v) is 21.9. The summed E-state index contributed by atoms with van der Waals surface area (Å²) in [5, 5.41) is 27.1. The average molecular weight is 539 g/mol. The van der Waals surface area contributed by atoms with Crippen molar-refractivity contribution in [2.24, 2.45) is 0 Å². The van der Waals surface area contributed by atoms with E-state index >= 15 is 0 Å². The molecule has 8 heteroatoms. The van der Waals surface area contributed by atoms with Crippen LogP contribution in [0.15, 0.2) is 121 Å². The van der Waals surface area contributed by atoms with Crippen molar-refractivity contribution in [2.45, 2.75) is 24.9 Å². The first-order valence-electron chi connectivity index (χ1n) is 13.0. The number of hydroxylamine groups is 2. The third-order valence-electron chi connectivity index (χ3n) is 6.28. The summed E-state index contributed by atoms with van der Waals surface area (Å²) in [4.78, 5) is 25.8. The van der Waals surface area contributed by atoms with Gasteiger partial charge in [0.2, 0.25) is 0 Å². The second-order valence-corrected chi connectivity index (χ2v) is 9.22. The Bertz CT molecular complexity index is 1290. The summed E-state index contributed by atoms with van der Waals surface area (Å²) in [7, 11) is 0. The van der Waals surface area contributed by atoms with Gasteiger partial charge in [0.15, 0.2) is 13.2 Å². The van der Waals surface area contributed by atoms with E-state index in [-0.39, 0.29) is 35.8 Å². The number of hydrogen-bond acceptors (Lipinski definition) is 6. The van der Waals surface area contributed by atoms with E-state index in [1.165, 1.54) is 0 Å². The van der Waals surface area contributed by atoms with Crippen LogP contribution < -0.4 is 0 Å². The molecule has 0 aliphatic rings. The van der Waals surface area contributed by atoms with Crippen LogP contribution in [-0.2, 0) is 22.3 Å². The Kier molecular flexibility index (Phi) is 9.99. The predicted molar refractivity (Wildman–Crippen MR) is 149 cm³/mol. The van der Waals surface area contributed by atoms with E-state index in [4.69, 9.17) is 9.47 Å². The fourth-order valence-corrected chi connectivity index (χ4v) is 4.15. The molecule has 0 aliphatic heterocycles. The third kappa shape index (κ3) is 8.01. The second-order valence-electron chi connectivity index (χ2n) is 9.22. The van der Waals surface area contributed by atoms with Gasteiger partial charge in [-0.2, -0.15) is 0 Å². The topological polar surface area (TPSA) is 105 Å². The van der Waals surface area contributed by atoms with Gasteiger partial charge in [0, 0.05) is 22.6 Å². The Morgan fingerprint density at radius 1 is 0.525 bits per heavy atom. The summed E-state index contributed by atoms with van der Waals surface area (Å²) in [5.74, 6) is -1.19. The molecule has 0 unspecified atom stereocenters. The van der Waals surface area contributed by atoms with Gasteiger partial charge in [-0.15, -0.1) is 0 Å². The largest absolute Gasteiger partial charge is 0.567 e. The molecule has 40 heavy (non-hydrogen) atoms. The number of carbonyl (C=O) groups excluding carboxylic acids is 2. The Labute approximate surface area is 232 Å². The van der Waals surface area contributed by atoms with E-state index in [1.54, 1.807) is 60.7 Å². The molecule has 4 aromatic carbocycles. The highest BCUT2D eigenvalue weighted by molar-refractivity contribution is 5.89. The summed E-state index contributed by atoms with van der Waals surface area (Å²) < 4.78 is 10.9. The molecule has 0 bridgehead atoms. The maximum absolute atomic E-state index is 13.5. The normalized spacial score (nSPS) is 13.0. The molecule has 0 amide bonds. The molecule has 2 atom stereocenters. The lowest BCUT2D eigenvalue weighted by molar-refractivity contribution is -0.996. The van der Waals surface area contributed by atoms with Crippen LogP contribution in [0.4, 0.5) is 0 Å². The minimum Gasteiger partial charge on any atom is -0.567 e. The van der Waals surface area contributed by atoms with Crippen LogP contribution in [0.5, 0.6) is 0 Å². The van der Waals surface area contributed by atoms with Crippen molar-refractivity contribution < 1.29 is 28.8 Å². The lowest BCUT2D eigenvalue weighted by Gasteiger charge is -2.19. The molecule has 204 valence electrons. The molecule has 8 nitrogen and oxygen atoms in total. The molecule has 0 radical (unpaired) electrons. The molecule has 0 N–H and O–H groups in total. The molecule has 0 saturated carbocycles. The first-order chi connectivity index (χ1) is 19.5. The van der Waals surface area contributed by atoms with Gasteiger partial charge < -0.3 is 19.9 Å². The third-order valence-corrected chi connectivity index (χ3v) is 6.28. The molecule has 0 fully saturated rings. The first kappa shape index (κ1) is 28.0. The van der Waals surface area contributed by atoms with Crippen LogP contribution in [-0.4, -0.2) is 47.0 Å². The zero-order valence-electron chi connectivity index (χ0n) is 21.9. The van der Waals surface area contributed by atoms with Gasteiger partial charge in [0.25, 0.3) is 12.1 Å². The van der Waals surface area contributed by atoms with E-state index in [1.807, 2.05) is 60.7 Å². The smallest absolute Gasteiger partial charge is 0.338 e. The number of rotatable bonds is 12. The van der Waals surface area contributed by atoms with Crippen LogP contribution in [0.25, 0.3) is 0 Å². The summed E-state index contributed by atoms with van der Waals surface area (Å²) in [6.07, 6.45) is 0.319. The van der Waals surface area contributed by atoms with E-state index in [0.29, 0.717) is 11.1 Å². The number of nitrogens with zero attached hydrogens (tertiary/aromatic N) is 2. The standard InChI is InChI=1S/C32H30N2O6/c35-31(27-17-9-3-10-18-27)39-23-29(21-25-13-5-1-6-14-25)33(37)34(38)30(22-26-15-7-2-8-16-26)24-40-32(36)28-19-11-4-12-20-28/h1-20,29-30H,21-24H2/b34-33+/t29-,30-/m0/s1. The van der Waals surface area contributed by atoms with Crippen molar-refractivity contribution in [3.05, 3.63) is 154 Å². The zero-order chi connectivity index (χ0) is 28.2. The van der Waals surface area contributed by atoms with Gasteiger partial charge in [0.05, 0.1) is 11.1 Å². The number of azo groups is 1. The summed E-state index contributed by atoms with van der Waals surface area (Å²) in [6.45, 7) is -0.626. The predicted octanol–water partition coefficient (Wildman–Crippen LogP) is 5.40. The Hall–Kier alpha value is -4.98. The van der Waals surface area contributed by atoms with Crippen molar-refractivity contribution in [1.29, 1.82) is 0 Å². The van der Waals surface area contributed by atoms with Gasteiger partial charge in [0.1, 0.15) is 0 Å². The van der Waals surface area contributed by atoms with Gasteiger partial charge in [-0.3, -0.25) is 0 Å². The molecule has 0 saturated heterocycles.